The van der Waals surface area contributed by atoms with E-state index in [1.807, 2.05) is 54.4 Å². The van der Waals surface area contributed by atoms with Gasteiger partial charge in [-0.05, 0) is 85.3 Å². The highest BCUT2D eigenvalue weighted by Gasteiger charge is 2.13. The number of aromatic nitrogens is 1. The molecule has 0 unspecified atom stereocenters. The molecule has 0 atom stereocenters. The molecule has 7 heteroatoms. The van der Waals surface area contributed by atoms with Crippen molar-refractivity contribution in [1.82, 2.24) is 4.98 Å². The summed E-state index contributed by atoms with van der Waals surface area (Å²) in [5.74, 6) is 1.17. The number of nitrogens with zero attached hydrogens (tertiary/aromatic N) is 2. The molecule has 3 aromatic carbocycles. The molecule has 1 aromatic heterocycles. The van der Waals surface area contributed by atoms with Gasteiger partial charge in [-0.3, -0.25) is 0 Å². The second-order valence-corrected chi connectivity index (χ2v) is 10.7. The molecule has 0 radical (unpaired) electrons. The smallest absolute Gasteiger partial charge is 0.0725 e. The van der Waals surface area contributed by atoms with Gasteiger partial charge in [0.1, 0.15) is 0 Å². The van der Waals surface area contributed by atoms with Crippen LogP contribution in [0.5, 0.6) is 0 Å². The number of anilines is 2. The minimum Gasteiger partial charge on any atom is -0.326 e. The van der Waals surface area contributed by atoms with Gasteiger partial charge in [-0.15, -0.1) is 0 Å². The molecule has 0 bridgehead atoms. The summed E-state index contributed by atoms with van der Waals surface area (Å²) in [6.07, 6.45) is 3.81. The van der Waals surface area contributed by atoms with E-state index in [2.05, 4.69) is 39.4 Å². The summed E-state index contributed by atoms with van der Waals surface area (Å²) in [4.78, 5) is 5.78. The van der Waals surface area contributed by atoms with Crippen LogP contribution in [0.15, 0.2) is 77.7 Å². The van der Waals surface area contributed by atoms with Gasteiger partial charge in [-0.1, -0.05) is 53.9 Å². The van der Waals surface area contributed by atoms with Crippen LogP contribution < -0.4 is 9.03 Å². The molecule has 0 spiro atoms. The lowest BCUT2D eigenvalue weighted by molar-refractivity contribution is 0.751. The van der Waals surface area contributed by atoms with Crippen molar-refractivity contribution in [3.05, 3.63) is 82.8 Å². The van der Waals surface area contributed by atoms with Gasteiger partial charge >= 0.3 is 0 Å². The van der Waals surface area contributed by atoms with Crippen LogP contribution in [0.3, 0.4) is 0 Å². The Kier molecular flexibility index (Phi) is 7.21. The Bertz CT molecular complexity index is 1270. The zero-order valence-electron chi connectivity index (χ0n) is 17.9. The van der Waals surface area contributed by atoms with Crippen LogP contribution in [0.25, 0.3) is 22.2 Å². The summed E-state index contributed by atoms with van der Waals surface area (Å²) in [6, 6.07) is 24.4. The molecule has 1 saturated heterocycles. The lowest BCUT2D eigenvalue weighted by Crippen LogP contribution is -2.14. The number of hydrogen-bond donors (Lipinski definition) is 1. The van der Waals surface area contributed by atoms with E-state index in [9.17, 15) is 0 Å². The van der Waals surface area contributed by atoms with Crippen molar-refractivity contribution >= 4 is 69.4 Å². The fraction of sp³-hybridized carbons (Fsp3) is 0.192. The Morgan fingerprint density at radius 3 is 2.70 bits per heavy atom. The maximum Gasteiger partial charge on any atom is 0.0725 e. The highest BCUT2D eigenvalue weighted by Crippen LogP contribution is 2.36. The van der Waals surface area contributed by atoms with Crippen LogP contribution in [-0.2, 0) is 0 Å². The molecule has 1 N–H and O–H groups in total. The first-order valence-corrected chi connectivity index (χ1v) is 13.5. The average molecular weight is 513 g/mol. The average Bonchev–Trinajstić information content (AvgIpc) is 3.13. The predicted octanol–water partition coefficient (Wildman–Crippen LogP) is 8.97. The lowest BCUT2D eigenvalue weighted by atomic mass is 10.1. The van der Waals surface area contributed by atoms with Crippen LogP contribution in [0, 0.1) is 0 Å². The number of nitrogens with one attached hydrogen (secondary N) is 1. The van der Waals surface area contributed by atoms with E-state index in [0.29, 0.717) is 5.02 Å². The van der Waals surface area contributed by atoms with Crippen molar-refractivity contribution in [2.45, 2.75) is 24.2 Å². The minimum atomic E-state index is 0.672. The van der Waals surface area contributed by atoms with Crippen molar-refractivity contribution in [3.8, 4) is 11.3 Å². The number of para-hydroxylation sites is 1. The van der Waals surface area contributed by atoms with Gasteiger partial charge in [0.2, 0.25) is 0 Å². The Morgan fingerprint density at radius 2 is 1.79 bits per heavy atom. The van der Waals surface area contributed by atoms with Gasteiger partial charge in [0.25, 0.3) is 0 Å². The molecule has 2 heterocycles. The van der Waals surface area contributed by atoms with Crippen molar-refractivity contribution in [1.29, 1.82) is 0 Å². The Hall–Kier alpha value is -2.05. The van der Waals surface area contributed by atoms with Crippen LogP contribution in [-0.4, -0.2) is 17.3 Å². The second-order valence-electron chi connectivity index (χ2n) is 7.90. The van der Waals surface area contributed by atoms with E-state index >= 15 is 0 Å². The number of pyridine rings is 1. The fourth-order valence-corrected chi connectivity index (χ4v) is 6.05. The summed E-state index contributed by atoms with van der Waals surface area (Å²) in [5, 5.41) is 2.53. The quantitative estimate of drug-likeness (QED) is 0.270. The van der Waals surface area contributed by atoms with Crippen molar-refractivity contribution in [3.63, 3.8) is 0 Å². The SMILES string of the molecule is Clc1cc(N2CCCCCS2)ccc1SNc1ccc(Cl)c(-c2ccc3ccccc3n2)c1. The van der Waals surface area contributed by atoms with E-state index in [1.165, 1.54) is 42.7 Å². The van der Waals surface area contributed by atoms with Gasteiger partial charge in [0, 0.05) is 39.5 Å². The van der Waals surface area contributed by atoms with Crippen molar-refractivity contribution in [2.75, 3.05) is 21.3 Å². The van der Waals surface area contributed by atoms with E-state index < -0.39 is 0 Å². The summed E-state index contributed by atoms with van der Waals surface area (Å²) >= 11 is 16.6. The summed E-state index contributed by atoms with van der Waals surface area (Å²) in [5.41, 5.74) is 4.82. The second kappa shape index (κ2) is 10.5. The maximum atomic E-state index is 6.64. The standard InChI is InChI=1S/C26H23Cl2N3S2/c27-22-11-9-19(16-21(22)25-12-8-18-6-2-3-7-24(18)29-25)30-33-26-13-10-20(17-23(26)28)31-14-4-1-5-15-32-31/h2-3,6-13,16-17,30H,1,4-5,14-15H2. The van der Waals surface area contributed by atoms with Gasteiger partial charge in [0.15, 0.2) is 0 Å². The number of rotatable bonds is 5. The predicted molar refractivity (Wildman–Crippen MR) is 147 cm³/mol. The third-order valence-electron chi connectivity index (χ3n) is 5.58. The Labute approximate surface area is 213 Å². The molecular weight excluding hydrogens is 489 g/mol. The molecule has 1 aliphatic rings. The van der Waals surface area contributed by atoms with Crippen LogP contribution >= 0.6 is 47.1 Å². The first-order valence-electron chi connectivity index (χ1n) is 11.0. The molecule has 3 nitrogen and oxygen atoms in total. The van der Waals surface area contributed by atoms with Crippen LogP contribution in [0.2, 0.25) is 10.0 Å². The molecule has 1 aliphatic heterocycles. The van der Waals surface area contributed by atoms with E-state index in [4.69, 9.17) is 28.2 Å². The highest BCUT2D eigenvalue weighted by molar-refractivity contribution is 8.01. The first-order chi connectivity index (χ1) is 16.2. The van der Waals surface area contributed by atoms with E-state index in [-0.39, 0.29) is 0 Å². The monoisotopic (exact) mass is 511 g/mol. The van der Waals surface area contributed by atoms with Gasteiger partial charge < -0.3 is 9.03 Å². The minimum absolute atomic E-state index is 0.672. The molecule has 33 heavy (non-hydrogen) atoms. The van der Waals surface area contributed by atoms with Gasteiger partial charge in [-0.25, -0.2) is 4.98 Å². The van der Waals surface area contributed by atoms with Gasteiger partial charge in [-0.2, -0.15) is 0 Å². The third-order valence-corrected chi connectivity index (χ3v) is 8.42. The topological polar surface area (TPSA) is 28.2 Å². The molecule has 0 amide bonds. The number of benzene rings is 3. The maximum absolute atomic E-state index is 6.64. The normalized spacial score (nSPS) is 14.3. The van der Waals surface area contributed by atoms with E-state index in [0.717, 1.165) is 44.3 Å². The summed E-state index contributed by atoms with van der Waals surface area (Å²) in [7, 11) is 0. The van der Waals surface area contributed by atoms with Crippen LogP contribution in [0.1, 0.15) is 19.3 Å². The zero-order chi connectivity index (χ0) is 22.6. The fourth-order valence-electron chi connectivity index (χ4n) is 3.82. The Morgan fingerprint density at radius 1 is 0.879 bits per heavy atom. The largest absolute Gasteiger partial charge is 0.326 e. The zero-order valence-corrected chi connectivity index (χ0v) is 21.1. The van der Waals surface area contributed by atoms with Crippen molar-refractivity contribution < 1.29 is 0 Å². The molecule has 5 rings (SSSR count). The highest BCUT2D eigenvalue weighted by atomic mass is 35.5. The van der Waals surface area contributed by atoms with Crippen molar-refractivity contribution in [2.24, 2.45) is 0 Å². The lowest BCUT2D eigenvalue weighted by Gasteiger charge is -2.21. The molecule has 0 aliphatic carbocycles. The van der Waals surface area contributed by atoms with E-state index in [1.54, 1.807) is 0 Å². The molecule has 168 valence electrons. The summed E-state index contributed by atoms with van der Waals surface area (Å²) in [6.45, 7) is 1.07. The molecular formula is C26H23Cl2N3S2. The first kappa shape index (κ1) is 22.7. The molecule has 4 aromatic rings. The summed E-state index contributed by atoms with van der Waals surface area (Å²) < 4.78 is 5.78. The Balaban J connectivity index is 1.32. The molecule has 1 fully saturated rings. The third kappa shape index (κ3) is 5.38. The number of fused-ring (bicyclic) bond motifs is 1. The number of hydrogen-bond acceptors (Lipinski definition) is 5. The van der Waals surface area contributed by atoms with Gasteiger partial charge in [0.05, 0.1) is 21.3 Å². The van der Waals surface area contributed by atoms with Crippen LogP contribution in [0.4, 0.5) is 11.4 Å². The number of halogens is 2. The molecule has 0 saturated carbocycles.